The van der Waals surface area contributed by atoms with E-state index in [0.717, 1.165) is 22.6 Å². The topological polar surface area (TPSA) is 87.0 Å². The normalized spacial score (nSPS) is 11.1. The first kappa shape index (κ1) is 18.1. The average Bonchev–Trinajstić information content (AvgIpc) is 2.79. The zero-order chi connectivity index (χ0) is 17.9. The van der Waals surface area contributed by atoms with Crippen molar-refractivity contribution in [1.29, 1.82) is 5.26 Å². The highest BCUT2D eigenvalue weighted by Gasteiger charge is 2.19. The Labute approximate surface area is 143 Å². The van der Waals surface area contributed by atoms with Gasteiger partial charge in [-0.15, -0.1) is 11.3 Å². The van der Waals surface area contributed by atoms with E-state index in [1.165, 1.54) is 23.5 Å². The third-order valence-electron chi connectivity index (χ3n) is 3.52. The van der Waals surface area contributed by atoms with Gasteiger partial charge in [-0.2, -0.15) is 5.26 Å². The Kier molecular flexibility index (Phi) is 5.36. The van der Waals surface area contributed by atoms with Gasteiger partial charge in [0.25, 0.3) is 0 Å². The first-order valence-corrected chi connectivity index (χ1v) is 9.49. The molecule has 0 aliphatic carbocycles. The van der Waals surface area contributed by atoms with E-state index in [9.17, 15) is 17.6 Å². The number of anilines is 1. The fourth-order valence-corrected chi connectivity index (χ4v) is 4.29. The summed E-state index contributed by atoms with van der Waals surface area (Å²) in [5, 5.41) is 12.2. The summed E-state index contributed by atoms with van der Waals surface area (Å²) in [4.78, 5) is 12.9. The van der Waals surface area contributed by atoms with Crippen molar-refractivity contribution >= 4 is 32.1 Å². The van der Waals surface area contributed by atoms with Crippen molar-refractivity contribution in [3.8, 4) is 6.07 Å². The van der Waals surface area contributed by atoms with Crippen LogP contribution in [0, 0.1) is 31.0 Å². The Hall–Kier alpha value is -2.24. The maximum Gasteiger partial charge on any atom is 0.226 e. The maximum atomic E-state index is 12.9. The largest absolute Gasteiger partial charge is 0.317 e. The van der Waals surface area contributed by atoms with Gasteiger partial charge >= 0.3 is 0 Å². The van der Waals surface area contributed by atoms with Crippen LogP contribution in [0.15, 0.2) is 29.2 Å². The molecular formula is C16H15FN2O3S2. The van der Waals surface area contributed by atoms with Crippen LogP contribution >= 0.6 is 11.3 Å². The predicted molar refractivity (Wildman–Crippen MR) is 90.2 cm³/mol. The smallest absolute Gasteiger partial charge is 0.226 e. The standard InChI is InChI=1S/C16H15FN2O3S2/c1-10-11(2)23-16(14(10)9-18)19-15(20)7-8-24(21,22)13-5-3-12(17)4-6-13/h3-6H,7-8H2,1-2H3,(H,19,20). The van der Waals surface area contributed by atoms with Crippen molar-refractivity contribution in [2.24, 2.45) is 0 Å². The number of nitriles is 1. The molecule has 1 aromatic carbocycles. The Morgan fingerprint density at radius 1 is 1.29 bits per heavy atom. The number of benzene rings is 1. The number of sulfone groups is 1. The molecule has 0 aliphatic rings. The van der Waals surface area contributed by atoms with Crippen molar-refractivity contribution in [3.05, 3.63) is 46.1 Å². The molecule has 0 saturated heterocycles. The molecule has 1 amide bonds. The van der Waals surface area contributed by atoms with Crippen molar-refractivity contribution in [2.75, 3.05) is 11.1 Å². The quantitative estimate of drug-likeness (QED) is 0.824. The van der Waals surface area contributed by atoms with E-state index < -0.39 is 27.3 Å². The lowest BCUT2D eigenvalue weighted by atomic mass is 10.2. The van der Waals surface area contributed by atoms with E-state index in [0.29, 0.717) is 10.6 Å². The SMILES string of the molecule is Cc1sc(NC(=O)CCS(=O)(=O)c2ccc(F)cc2)c(C#N)c1C. The molecule has 0 bridgehead atoms. The fourth-order valence-electron chi connectivity index (χ4n) is 2.03. The lowest BCUT2D eigenvalue weighted by molar-refractivity contribution is -0.115. The molecule has 2 rings (SSSR count). The Bertz CT molecular complexity index is 910. The molecule has 126 valence electrons. The summed E-state index contributed by atoms with van der Waals surface area (Å²) in [6, 6.07) is 6.49. The van der Waals surface area contributed by atoms with Gasteiger partial charge in [-0.05, 0) is 43.7 Å². The van der Waals surface area contributed by atoms with E-state index in [2.05, 4.69) is 5.32 Å². The number of hydrogen-bond acceptors (Lipinski definition) is 5. The molecule has 24 heavy (non-hydrogen) atoms. The molecule has 5 nitrogen and oxygen atoms in total. The molecule has 1 N–H and O–H groups in total. The summed E-state index contributed by atoms with van der Waals surface area (Å²) in [7, 11) is -3.67. The molecule has 1 heterocycles. The highest BCUT2D eigenvalue weighted by atomic mass is 32.2. The first-order valence-electron chi connectivity index (χ1n) is 7.03. The Balaban J connectivity index is 2.05. The van der Waals surface area contributed by atoms with Crippen molar-refractivity contribution in [1.82, 2.24) is 0 Å². The van der Waals surface area contributed by atoms with Crippen LogP contribution in [0.5, 0.6) is 0 Å². The van der Waals surface area contributed by atoms with Crippen LogP contribution in [0.25, 0.3) is 0 Å². The fraction of sp³-hybridized carbons (Fsp3) is 0.250. The molecule has 0 unspecified atom stereocenters. The monoisotopic (exact) mass is 366 g/mol. The van der Waals surface area contributed by atoms with Crippen molar-refractivity contribution in [2.45, 2.75) is 25.2 Å². The van der Waals surface area contributed by atoms with Gasteiger partial charge in [0.1, 0.15) is 16.9 Å². The molecule has 0 fully saturated rings. The van der Waals surface area contributed by atoms with Crippen molar-refractivity contribution in [3.63, 3.8) is 0 Å². The molecule has 0 saturated carbocycles. The van der Waals surface area contributed by atoms with Gasteiger partial charge in [-0.1, -0.05) is 0 Å². The van der Waals surface area contributed by atoms with Gasteiger partial charge in [0, 0.05) is 11.3 Å². The third kappa shape index (κ3) is 3.99. The molecule has 0 radical (unpaired) electrons. The van der Waals surface area contributed by atoms with Crippen molar-refractivity contribution < 1.29 is 17.6 Å². The minimum absolute atomic E-state index is 0.0303. The molecule has 0 atom stereocenters. The van der Waals surface area contributed by atoms with E-state index >= 15 is 0 Å². The maximum absolute atomic E-state index is 12.9. The summed E-state index contributed by atoms with van der Waals surface area (Å²) in [5.74, 6) is -1.41. The van der Waals surface area contributed by atoms with Gasteiger partial charge in [-0.3, -0.25) is 4.79 Å². The van der Waals surface area contributed by atoms with E-state index in [-0.39, 0.29) is 11.3 Å². The minimum Gasteiger partial charge on any atom is -0.317 e. The molecular weight excluding hydrogens is 351 g/mol. The molecule has 0 aliphatic heterocycles. The van der Waals surface area contributed by atoms with Crippen LogP contribution in [-0.4, -0.2) is 20.1 Å². The highest BCUT2D eigenvalue weighted by Crippen LogP contribution is 2.31. The number of hydrogen-bond donors (Lipinski definition) is 1. The number of carbonyl (C=O) groups excluding carboxylic acids is 1. The molecule has 0 spiro atoms. The number of rotatable bonds is 5. The number of halogens is 1. The van der Waals surface area contributed by atoms with E-state index in [1.807, 2.05) is 13.0 Å². The second-order valence-corrected chi connectivity index (χ2v) is 8.50. The van der Waals surface area contributed by atoms with Crippen LogP contribution in [0.3, 0.4) is 0 Å². The van der Waals surface area contributed by atoms with Gasteiger partial charge in [0.2, 0.25) is 5.91 Å². The van der Waals surface area contributed by atoms with Crippen LogP contribution < -0.4 is 5.32 Å². The van der Waals surface area contributed by atoms with E-state index in [4.69, 9.17) is 5.26 Å². The molecule has 1 aromatic heterocycles. The van der Waals surface area contributed by atoms with Gasteiger partial charge < -0.3 is 5.32 Å². The Morgan fingerprint density at radius 2 is 1.92 bits per heavy atom. The predicted octanol–water partition coefficient (Wildman–Crippen LogP) is 3.18. The number of nitrogens with one attached hydrogen (secondary N) is 1. The zero-order valence-electron chi connectivity index (χ0n) is 13.1. The lowest BCUT2D eigenvalue weighted by Gasteiger charge is -2.05. The van der Waals surface area contributed by atoms with Gasteiger partial charge in [0.05, 0.1) is 16.2 Å². The second kappa shape index (κ2) is 7.11. The van der Waals surface area contributed by atoms with Crippen LogP contribution in [0.1, 0.15) is 22.4 Å². The second-order valence-electron chi connectivity index (χ2n) is 5.17. The summed E-state index contributed by atoms with van der Waals surface area (Å²) < 4.78 is 37.1. The van der Waals surface area contributed by atoms with E-state index in [1.54, 1.807) is 6.92 Å². The highest BCUT2D eigenvalue weighted by molar-refractivity contribution is 7.91. The Morgan fingerprint density at radius 3 is 2.50 bits per heavy atom. The lowest BCUT2D eigenvalue weighted by Crippen LogP contribution is -2.17. The summed E-state index contributed by atoms with van der Waals surface area (Å²) >= 11 is 1.28. The summed E-state index contributed by atoms with van der Waals surface area (Å²) in [6.45, 7) is 3.63. The number of carbonyl (C=O) groups is 1. The minimum atomic E-state index is -3.67. The van der Waals surface area contributed by atoms with Gasteiger partial charge in [0.15, 0.2) is 9.84 Å². The third-order valence-corrected chi connectivity index (χ3v) is 6.38. The zero-order valence-corrected chi connectivity index (χ0v) is 14.7. The summed E-state index contributed by atoms with van der Waals surface area (Å²) in [5.41, 5.74) is 1.20. The number of amides is 1. The number of aryl methyl sites for hydroxylation is 1. The molecule has 8 heteroatoms. The van der Waals surface area contributed by atoms with Crippen LogP contribution in [0.4, 0.5) is 9.39 Å². The first-order chi connectivity index (χ1) is 11.2. The van der Waals surface area contributed by atoms with Gasteiger partial charge in [-0.25, -0.2) is 12.8 Å². The molecule has 2 aromatic rings. The number of thiophene rings is 1. The number of nitrogens with zero attached hydrogens (tertiary/aromatic N) is 1. The van der Waals surface area contributed by atoms with Crippen LogP contribution in [0.2, 0.25) is 0 Å². The van der Waals surface area contributed by atoms with Crippen LogP contribution in [-0.2, 0) is 14.6 Å². The summed E-state index contributed by atoms with van der Waals surface area (Å²) in [6.07, 6.45) is -0.249. The average molecular weight is 366 g/mol.